The van der Waals surface area contributed by atoms with Gasteiger partial charge in [0.05, 0.1) is 4.90 Å². The molecule has 0 aliphatic rings. The molecular weight excluding hydrogens is 338 g/mol. The van der Waals surface area contributed by atoms with Crippen molar-refractivity contribution in [2.24, 2.45) is 0 Å². The third-order valence-electron chi connectivity index (χ3n) is 3.08. The normalized spacial score (nSPS) is 12.2. The SMILES string of the molecule is C=CCNS(=O)(=O)c1cc(C(C)C)c(Br)cc1C(C)C. The van der Waals surface area contributed by atoms with Gasteiger partial charge in [-0.3, -0.25) is 0 Å². The Hall–Kier alpha value is -0.650. The molecule has 0 saturated heterocycles. The van der Waals surface area contributed by atoms with Crippen molar-refractivity contribution in [3.05, 3.63) is 40.4 Å². The maximum absolute atomic E-state index is 12.4. The molecule has 0 radical (unpaired) electrons. The molecule has 1 aromatic carbocycles. The van der Waals surface area contributed by atoms with E-state index in [9.17, 15) is 8.42 Å². The van der Waals surface area contributed by atoms with Crippen molar-refractivity contribution in [2.75, 3.05) is 6.54 Å². The van der Waals surface area contributed by atoms with Crippen LogP contribution in [0.5, 0.6) is 0 Å². The summed E-state index contributed by atoms with van der Waals surface area (Å²) in [5.41, 5.74) is 1.81. The van der Waals surface area contributed by atoms with Gasteiger partial charge in [-0.05, 0) is 35.1 Å². The predicted octanol–water partition coefficient (Wildman–Crippen LogP) is 4.16. The van der Waals surface area contributed by atoms with Crippen LogP contribution in [0.1, 0.15) is 50.7 Å². The van der Waals surface area contributed by atoms with Crippen LogP contribution in [0, 0.1) is 0 Å². The molecule has 0 saturated carbocycles. The molecule has 0 fully saturated rings. The Morgan fingerprint density at radius 2 is 1.75 bits per heavy atom. The van der Waals surface area contributed by atoms with Gasteiger partial charge in [-0.2, -0.15) is 0 Å². The zero-order valence-electron chi connectivity index (χ0n) is 12.4. The molecule has 5 heteroatoms. The van der Waals surface area contributed by atoms with Gasteiger partial charge in [0, 0.05) is 11.0 Å². The average Bonchev–Trinajstić information content (AvgIpc) is 2.35. The fraction of sp³-hybridized carbons (Fsp3) is 0.467. The fourth-order valence-corrected chi connectivity index (χ4v) is 4.16. The molecule has 1 N–H and O–H groups in total. The van der Waals surface area contributed by atoms with E-state index in [0.717, 1.165) is 15.6 Å². The zero-order chi connectivity index (χ0) is 15.5. The molecule has 0 aliphatic heterocycles. The van der Waals surface area contributed by atoms with E-state index in [1.165, 1.54) is 6.08 Å². The van der Waals surface area contributed by atoms with E-state index in [4.69, 9.17) is 0 Å². The lowest BCUT2D eigenvalue weighted by atomic mass is 9.97. The summed E-state index contributed by atoms with van der Waals surface area (Å²) in [6.07, 6.45) is 1.54. The highest BCUT2D eigenvalue weighted by molar-refractivity contribution is 9.10. The molecule has 1 aromatic rings. The standard InChI is InChI=1S/C15H22BrNO2S/c1-6-7-17-20(18,19)15-9-12(10(2)3)14(16)8-13(15)11(4)5/h6,8-11,17H,1,7H2,2-5H3. The van der Waals surface area contributed by atoms with Gasteiger partial charge in [0.15, 0.2) is 0 Å². The molecular formula is C15H22BrNO2S. The second-order valence-corrected chi connectivity index (χ2v) is 7.95. The van der Waals surface area contributed by atoms with Crippen LogP contribution in [0.15, 0.2) is 34.2 Å². The number of halogens is 1. The average molecular weight is 360 g/mol. The quantitative estimate of drug-likeness (QED) is 0.775. The van der Waals surface area contributed by atoms with Crippen LogP contribution in [0.4, 0.5) is 0 Å². The minimum Gasteiger partial charge on any atom is -0.207 e. The maximum Gasteiger partial charge on any atom is 0.241 e. The van der Waals surface area contributed by atoms with E-state index in [0.29, 0.717) is 4.90 Å². The first-order valence-electron chi connectivity index (χ1n) is 6.64. The van der Waals surface area contributed by atoms with Gasteiger partial charge in [0.25, 0.3) is 0 Å². The summed E-state index contributed by atoms with van der Waals surface area (Å²) in [7, 11) is -3.51. The molecule has 0 unspecified atom stereocenters. The van der Waals surface area contributed by atoms with Gasteiger partial charge in [0.2, 0.25) is 10.0 Å². The monoisotopic (exact) mass is 359 g/mol. The smallest absolute Gasteiger partial charge is 0.207 e. The van der Waals surface area contributed by atoms with Gasteiger partial charge in [0.1, 0.15) is 0 Å². The van der Waals surface area contributed by atoms with E-state index >= 15 is 0 Å². The van der Waals surface area contributed by atoms with Crippen LogP contribution < -0.4 is 4.72 Å². The topological polar surface area (TPSA) is 46.2 Å². The molecule has 112 valence electrons. The summed E-state index contributed by atoms with van der Waals surface area (Å²) in [5.74, 6) is 0.377. The van der Waals surface area contributed by atoms with E-state index in [2.05, 4.69) is 27.2 Å². The largest absolute Gasteiger partial charge is 0.241 e. The molecule has 0 spiro atoms. The molecule has 3 nitrogen and oxygen atoms in total. The van der Waals surface area contributed by atoms with E-state index in [1.54, 1.807) is 6.07 Å². The molecule has 1 rings (SSSR count). The van der Waals surface area contributed by atoms with Crippen molar-refractivity contribution in [2.45, 2.75) is 44.4 Å². The third kappa shape index (κ3) is 3.93. The zero-order valence-corrected chi connectivity index (χ0v) is 14.8. The molecule has 0 bridgehead atoms. The van der Waals surface area contributed by atoms with Gasteiger partial charge in [-0.25, -0.2) is 13.1 Å². The summed E-state index contributed by atoms with van der Waals surface area (Å²) >= 11 is 3.54. The first-order chi connectivity index (χ1) is 9.20. The van der Waals surface area contributed by atoms with E-state index in [1.807, 2.05) is 33.8 Å². The lowest BCUT2D eigenvalue weighted by Gasteiger charge is -2.18. The summed E-state index contributed by atoms with van der Waals surface area (Å²) in [6.45, 7) is 11.8. The number of nitrogens with one attached hydrogen (secondary N) is 1. The number of hydrogen-bond acceptors (Lipinski definition) is 2. The Bertz CT molecular complexity index is 592. The third-order valence-corrected chi connectivity index (χ3v) is 5.25. The summed E-state index contributed by atoms with van der Waals surface area (Å²) in [6, 6.07) is 3.69. The molecule has 20 heavy (non-hydrogen) atoms. The number of sulfonamides is 1. The van der Waals surface area contributed by atoms with Crippen LogP contribution in [0.2, 0.25) is 0 Å². The van der Waals surface area contributed by atoms with Crippen molar-refractivity contribution >= 4 is 26.0 Å². The van der Waals surface area contributed by atoms with Crippen molar-refractivity contribution in [1.29, 1.82) is 0 Å². The van der Waals surface area contributed by atoms with Crippen LogP contribution in [0.25, 0.3) is 0 Å². The second kappa shape index (κ2) is 6.87. The molecule has 0 aromatic heterocycles. The van der Waals surface area contributed by atoms with Crippen molar-refractivity contribution in [3.8, 4) is 0 Å². The maximum atomic E-state index is 12.4. The summed E-state index contributed by atoms with van der Waals surface area (Å²) in [4.78, 5) is 0.362. The Kier molecular flexibility index (Phi) is 5.98. The summed E-state index contributed by atoms with van der Waals surface area (Å²) in [5, 5.41) is 0. The Balaban J connectivity index is 3.49. The number of rotatable bonds is 6. The number of benzene rings is 1. The van der Waals surface area contributed by atoms with Crippen LogP contribution in [0.3, 0.4) is 0 Å². The lowest BCUT2D eigenvalue weighted by molar-refractivity contribution is 0.583. The van der Waals surface area contributed by atoms with Crippen molar-refractivity contribution < 1.29 is 8.42 Å². The van der Waals surface area contributed by atoms with Gasteiger partial charge < -0.3 is 0 Å². The summed E-state index contributed by atoms with van der Waals surface area (Å²) < 4.78 is 28.4. The molecule has 0 amide bonds. The highest BCUT2D eigenvalue weighted by atomic mass is 79.9. The predicted molar refractivity (Wildman–Crippen MR) is 87.7 cm³/mol. The molecule has 0 aliphatic carbocycles. The first-order valence-corrected chi connectivity index (χ1v) is 8.92. The van der Waals surface area contributed by atoms with Crippen molar-refractivity contribution in [1.82, 2.24) is 4.72 Å². The molecule has 0 atom stereocenters. The lowest BCUT2D eigenvalue weighted by Crippen LogP contribution is -2.25. The van der Waals surface area contributed by atoms with Crippen LogP contribution in [-0.2, 0) is 10.0 Å². The first kappa shape index (κ1) is 17.4. The van der Waals surface area contributed by atoms with Crippen molar-refractivity contribution in [3.63, 3.8) is 0 Å². The second-order valence-electron chi connectivity index (χ2n) is 5.36. The van der Waals surface area contributed by atoms with E-state index < -0.39 is 10.0 Å². The molecule has 0 heterocycles. The minimum atomic E-state index is -3.51. The Morgan fingerprint density at radius 1 is 1.20 bits per heavy atom. The van der Waals surface area contributed by atoms with Gasteiger partial charge >= 0.3 is 0 Å². The highest BCUT2D eigenvalue weighted by Crippen LogP contribution is 2.33. The van der Waals surface area contributed by atoms with Crippen LogP contribution >= 0.6 is 15.9 Å². The highest BCUT2D eigenvalue weighted by Gasteiger charge is 2.22. The minimum absolute atomic E-state index is 0.128. The van der Waals surface area contributed by atoms with Gasteiger partial charge in [-0.1, -0.05) is 49.7 Å². The van der Waals surface area contributed by atoms with Crippen LogP contribution in [-0.4, -0.2) is 15.0 Å². The van der Waals surface area contributed by atoms with E-state index in [-0.39, 0.29) is 18.4 Å². The Morgan fingerprint density at radius 3 is 2.20 bits per heavy atom. The number of hydrogen-bond donors (Lipinski definition) is 1. The Labute approximate surface area is 130 Å². The van der Waals surface area contributed by atoms with Gasteiger partial charge in [-0.15, -0.1) is 6.58 Å². The fourth-order valence-electron chi connectivity index (χ4n) is 1.96.